The number of nitrogens with zero attached hydrogens (tertiary/aromatic N) is 1. The van der Waals surface area contributed by atoms with Gasteiger partial charge in [-0.15, -0.1) is 11.8 Å². The molecule has 0 fully saturated rings. The lowest BCUT2D eigenvalue weighted by Gasteiger charge is -2.17. The molecule has 5 nitrogen and oxygen atoms in total. The molecule has 0 unspecified atom stereocenters. The monoisotopic (exact) mass is 386 g/mol. The Labute approximate surface area is 159 Å². The molecule has 4 rings (SSSR count). The van der Waals surface area contributed by atoms with Gasteiger partial charge in [0, 0.05) is 23.4 Å². The van der Waals surface area contributed by atoms with Gasteiger partial charge in [-0.1, -0.05) is 29.5 Å². The van der Waals surface area contributed by atoms with E-state index in [1.165, 1.54) is 16.2 Å². The molecule has 1 aliphatic rings. The molecule has 3 aromatic rings. The molecule has 134 valence electrons. The van der Waals surface area contributed by atoms with Gasteiger partial charge in [-0.05, 0) is 24.3 Å². The van der Waals surface area contributed by atoms with Crippen LogP contribution in [0.4, 0.5) is 5.13 Å². The maximum absolute atomic E-state index is 12.2. The van der Waals surface area contributed by atoms with Gasteiger partial charge in [-0.3, -0.25) is 4.79 Å². The van der Waals surface area contributed by atoms with Crippen LogP contribution in [0.1, 0.15) is 12.8 Å². The average molecular weight is 386 g/mol. The van der Waals surface area contributed by atoms with Crippen LogP contribution in [0, 0.1) is 0 Å². The number of carbonyl (C=O) groups excluding carboxylic acids is 1. The molecule has 1 amide bonds. The second kappa shape index (κ2) is 7.97. The van der Waals surface area contributed by atoms with E-state index in [9.17, 15) is 4.79 Å². The molecule has 0 radical (unpaired) electrons. The van der Waals surface area contributed by atoms with Gasteiger partial charge in [0.1, 0.15) is 13.2 Å². The van der Waals surface area contributed by atoms with Crippen molar-refractivity contribution < 1.29 is 14.3 Å². The number of hydrogen-bond acceptors (Lipinski definition) is 6. The van der Waals surface area contributed by atoms with E-state index in [4.69, 9.17) is 9.47 Å². The van der Waals surface area contributed by atoms with Crippen molar-refractivity contribution in [1.29, 1.82) is 0 Å². The Kier molecular flexibility index (Phi) is 5.26. The number of ether oxygens (including phenoxy) is 2. The van der Waals surface area contributed by atoms with Gasteiger partial charge in [-0.2, -0.15) is 0 Å². The van der Waals surface area contributed by atoms with Crippen LogP contribution in [0.3, 0.4) is 0 Å². The molecule has 7 heteroatoms. The van der Waals surface area contributed by atoms with E-state index in [1.807, 2.05) is 30.3 Å². The summed E-state index contributed by atoms with van der Waals surface area (Å²) in [5, 5.41) is 3.51. The predicted molar refractivity (Wildman–Crippen MR) is 106 cm³/mol. The Morgan fingerprint density at radius 3 is 2.73 bits per heavy atom. The van der Waals surface area contributed by atoms with Crippen LogP contribution in [-0.4, -0.2) is 29.9 Å². The van der Waals surface area contributed by atoms with Gasteiger partial charge in [-0.25, -0.2) is 4.98 Å². The van der Waals surface area contributed by atoms with E-state index in [-0.39, 0.29) is 5.91 Å². The summed E-state index contributed by atoms with van der Waals surface area (Å²) in [6.45, 7) is 1.11. The zero-order valence-electron chi connectivity index (χ0n) is 14.1. The molecule has 2 heterocycles. The molecule has 2 aromatic carbocycles. The summed E-state index contributed by atoms with van der Waals surface area (Å²) in [5.41, 5.74) is 0.814. The first-order valence-corrected chi connectivity index (χ1v) is 10.3. The highest BCUT2D eigenvalue weighted by atomic mass is 32.2. The van der Waals surface area contributed by atoms with Gasteiger partial charge in [0.05, 0.1) is 10.2 Å². The van der Waals surface area contributed by atoms with Gasteiger partial charge in [0.15, 0.2) is 16.6 Å². The number of thiazole rings is 1. The highest BCUT2D eigenvalue weighted by Gasteiger charge is 2.16. The van der Waals surface area contributed by atoms with Gasteiger partial charge < -0.3 is 14.8 Å². The molecule has 0 saturated carbocycles. The number of benzene rings is 2. The van der Waals surface area contributed by atoms with Crippen molar-refractivity contribution in [2.45, 2.75) is 17.7 Å². The third-order valence-electron chi connectivity index (χ3n) is 3.86. The normalized spacial score (nSPS) is 12.9. The van der Waals surface area contributed by atoms with Crippen LogP contribution >= 0.6 is 23.1 Å². The van der Waals surface area contributed by atoms with Crippen molar-refractivity contribution in [3.05, 3.63) is 42.5 Å². The topological polar surface area (TPSA) is 60.5 Å². The number of hydrogen-bond donors (Lipinski definition) is 1. The third-order valence-corrected chi connectivity index (χ3v) is 5.89. The van der Waals surface area contributed by atoms with Crippen LogP contribution in [-0.2, 0) is 4.79 Å². The van der Waals surface area contributed by atoms with E-state index < -0.39 is 0 Å². The Hall–Kier alpha value is -2.25. The zero-order chi connectivity index (χ0) is 17.8. The fourth-order valence-electron chi connectivity index (χ4n) is 2.64. The molecule has 1 N–H and O–H groups in total. The molecule has 0 bridgehead atoms. The molecule has 1 aliphatic heterocycles. The number of aromatic nitrogens is 1. The largest absolute Gasteiger partial charge is 0.486 e. The van der Waals surface area contributed by atoms with Crippen molar-refractivity contribution in [3.8, 4) is 11.5 Å². The number of fused-ring (bicyclic) bond motifs is 2. The fourth-order valence-corrected chi connectivity index (χ4v) is 4.41. The molecule has 0 spiro atoms. The number of carbonyl (C=O) groups is 1. The van der Waals surface area contributed by atoms with E-state index in [2.05, 4.69) is 22.4 Å². The quantitative estimate of drug-likeness (QED) is 0.496. The van der Waals surface area contributed by atoms with Crippen LogP contribution in [0.15, 0.2) is 47.4 Å². The Bertz CT molecular complexity index is 869. The number of rotatable bonds is 6. The highest BCUT2D eigenvalue weighted by molar-refractivity contribution is 7.99. The summed E-state index contributed by atoms with van der Waals surface area (Å²) in [4.78, 5) is 17.9. The summed E-state index contributed by atoms with van der Waals surface area (Å²) >= 11 is 3.22. The maximum Gasteiger partial charge on any atom is 0.226 e. The van der Waals surface area contributed by atoms with Crippen LogP contribution in [0.25, 0.3) is 10.2 Å². The first-order chi connectivity index (χ1) is 12.8. The molecule has 0 aliphatic carbocycles. The number of thioether (sulfide) groups is 1. The first-order valence-electron chi connectivity index (χ1n) is 8.46. The lowest BCUT2D eigenvalue weighted by atomic mass is 10.3. The van der Waals surface area contributed by atoms with Crippen molar-refractivity contribution in [1.82, 2.24) is 4.98 Å². The van der Waals surface area contributed by atoms with E-state index in [0.29, 0.717) is 30.5 Å². The van der Waals surface area contributed by atoms with Crippen molar-refractivity contribution >= 4 is 44.4 Å². The minimum atomic E-state index is -0.00465. The summed E-state index contributed by atoms with van der Waals surface area (Å²) in [6.07, 6.45) is 1.31. The number of amides is 1. The van der Waals surface area contributed by atoms with Crippen LogP contribution in [0.5, 0.6) is 11.5 Å². The molecular weight excluding hydrogens is 368 g/mol. The Morgan fingerprint density at radius 1 is 1.15 bits per heavy atom. The summed E-state index contributed by atoms with van der Waals surface area (Å²) in [5.74, 6) is 2.36. The SMILES string of the molecule is O=C(CCCSc1ccccc1)Nc1nc2cc3c(cc2s1)OCCO3. The van der Waals surface area contributed by atoms with Crippen LogP contribution < -0.4 is 14.8 Å². The molecular formula is C19H18N2O3S2. The standard InChI is InChI=1S/C19H18N2O3S2/c22-18(7-4-10-25-13-5-2-1-3-6-13)21-19-20-14-11-15-16(12-17(14)26-19)24-9-8-23-15/h1-3,5-6,11-12H,4,7-10H2,(H,20,21,22). The summed E-state index contributed by atoms with van der Waals surface area (Å²) in [6, 6.07) is 14.0. The van der Waals surface area contributed by atoms with E-state index in [1.54, 1.807) is 11.8 Å². The number of anilines is 1. The summed E-state index contributed by atoms with van der Waals surface area (Å²) in [7, 11) is 0. The Balaban J connectivity index is 1.31. The molecule has 0 saturated heterocycles. The van der Waals surface area contributed by atoms with E-state index >= 15 is 0 Å². The Morgan fingerprint density at radius 2 is 1.92 bits per heavy atom. The summed E-state index contributed by atoms with van der Waals surface area (Å²) < 4.78 is 12.1. The lowest BCUT2D eigenvalue weighted by Crippen LogP contribution is -2.15. The fraction of sp³-hybridized carbons (Fsp3) is 0.263. The van der Waals surface area contributed by atoms with Crippen molar-refractivity contribution in [2.75, 3.05) is 24.3 Å². The van der Waals surface area contributed by atoms with Gasteiger partial charge in [0.2, 0.25) is 5.91 Å². The maximum atomic E-state index is 12.2. The van der Waals surface area contributed by atoms with Gasteiger partial charge >= 0.3 is 0 Å². The van der Waals surface area contributed by atoms with Crippen molar-refractivity contribution in [3.63, 3.8) is 0 Å². The molecule has 1 aromatic heterocycles. The smallest absolute Gasteiger partial charge is 0.226 e. The van der Waals surface area contributed by atoms with Gasteiger partial charge in [0.25, 0.3) is 0 Å². The average Bonchev–Trinajstić information content (AvgIpc) is 3.05. The lowest BCUT2D eigenvalue weighted by molar-refractivity contribution is -0.116. The predicted octanol–water partition coefficient (Wildman–Crippen LogP) is 4.58. The second-order valence-electron chi connectivity index (χ2n) is 5.80. The number of nitrogens with one attached hydrogen (secondary N) is 1. The van der Waals surface area contributed by atoms with E-state index in [0.717, 1.165) is 28.1 Å². The highest BCUT2D eigenvalue weighted by Crippen LogP contribution is 2.37. The molecule has 0 atom stereocenters. The zero-order valence-corrected chi connectivity index (χ0v) is 15.7. The van der Waals surface area contributed by atoms with Crippen molar-refractivity contribution in [2.24, 2.45) is 0 Å². The van der Waals surface area contributed by atoms with Crippen LogP contribution in [0.2, 0.25) is 0 Å². The second-order valence-corrected chi connectivity index (χ2v) is 7.99. The first kappa shape index (κ1) is 17.2. The minimum Gasteiger partial charge on any atom is -0.486 e. The minimum absolute atomic E-state index is 0.00465. The molecule has 26 heavy (non-hydrogen) atoms. The third kappa shape index (κ3) is 4.11.